The van der Waals surface area contributed by atoms with Crippen molar-refractivity contribution in [3.63, 3.8) is 0 Å². The van der Waals surface area contributed by atoms with Crippen LogP contribution in [0.15, 0.2) is 48.7 Å². The fourth-order valence-corrected chi connectivity index (χ4v) is 3.17. The number of carbonyl (C=O) groups excluding carboxylic acids is 1. The van der Waals surface area contributed by atoms with Crippen molar-refractivity contribution < 1.29 is 13.9 Å². The number of hydrogen-bond acceptors (Lipinski definition) is 4. The van der Waals surface area contributed by atoms with Gasteiger partial charge >= 0.3 is 0 Å². The minimum atomic E-state index is -0.320. The third kappa shape index (κ3) is 3.78. The molecule has 2 aromatic carbocycles. The van der Waals surface area contributed by atoms with E-state index in [1.165, 1.54) is 16.9 Å². The van der Waals surface area contributed by atoms with Gasteiger partial charge in [-0.2, -0.15) is 0 Å². The Labute approximate surface area is 160 Å². The van der Waals surface area contributed by atoms with E-state index in [0.29, 0.717) is 30.3 Å². The molecule has 0 aliphatic carbocycles. The average Bonchev–Trinajstić information content (AvgIpc) is 3.02. The largest absolute Gasteiger partial charge is 0.491 e. The average molecular weight is 387 g/mol. The Kier molecular flexibility index (Phi) is 4.77. The van der Waals surface area contributed by atoms with Crippen LogP contribution in [0.1, 0.15) is 21.6 Å². The fraction of sp³-hybridized carbons (Fsp3) is 0.211. The van der Waals surface area contributed by atoms with Crippen LogP contribution in [0.4, 0.5) is 4.39 Å². The third-order valence-electron chi connectivity index (χ3n) is 4.34. The molecular weight excluding hydrogens is 371 g/mol. The standard InChI is InChI=1S/C19H16ClFN4O2/c20-15-5-6-18-14(9-15)10-24(7-8-27-18)19(26)17-12-25(23-22-17)11-13-3-1-2-4-16(13)21/h1-6,9,12H,7-8,10-11H2. The molecule has 0 atom stereocenters. The van der Waals surface area contributed by atoms with Crippen LogP contribution in [-0.4, -0.2) is 39.0 Å². The van der Waals surface area contributed by atoms with Gasteiger partial charge in [-0.1, -0.05) is 35.0 Å². The van der Waals surface area contributed by atoms with Crippen molar-refractivity contribution in [2.45, 2.75) is 13.1 Å². The molecule has 0 radical (unpaired) electrons. The number of carbonyl (C=O) groups is 1. The second-order valence-corrected chi connectivity index (χ2v) is 6.66. The first-order valence-corrected chi connectivity index (χ1v) is 8.82. The zero-order valence-electron chi connectivity index (χ0n) is 14.3. The predicted octanol–water partition coefficient (Wildman–Crippen LogP) is 3.15. The molecule has 27 heavy (non-hydrogen) atoms. The summed E-state index contributed by atoms with van der Waals surface area (Å²) in [5.41, 5.74) is 1.53. The summed E-state index contributed by atoms with van der Waals surface area (Å²) in [6.45, 7) is 1.37. The summed E-state index contributed by atoms with van der Waals surface area (Å²) in [5, 5.41) is 8.49. The lowest BCUT2D eigenvalue weighted by molar-refractivity contribution is 0.0727. The number of fused-ring (bicyclic) bond motifs is 1. The lowest BCUT2D eigenvalue weighted by Gasteiger charge is -2.18. The van der Waals surface area contributed by atoms with Gasteiger partial charge in [-0.15, -0.1) is 5.10 Å². The molecule has 2 heterocycles. The van der Waals surface area contributed by atoms with Gasteiger partial charge in [0.1, 0.15) is 18.2 Å². The van der Waals surface area contributed by atoms with Gasteiger partial charge in [0.05, 0.1) is 19.3 Å². The molecule has 1 amide bonds. The fourth-order valence-electron chi connectivity index (χ4n) is 2.97. The van der Waals surface area contributed by atoms with E-state index in [1.54, 1.807) is 41.3 Å². The molecule has 138 valence electrons. The Morgan fingerprint density at radius 3 is 2.96 bits per heavy atom. The van der Waals surface area contributed by atoms with E-state index in [1.807, 2.05) is 0 Å². The summed E-state index contributed by atoms with van der Waals surface area (Å²) in [7, 11) is 0. The first kappa shape index (κ1) is 17.5. The Morgan fingerprint density at radius 2 is 2.11 bits per heavy atom. The summed E-state index contributed by atoms with van der Waals surface area (Å²) in [6.07, 6.45) is 1.53. The van der Waals surface area contributed by atoms with E-state index in [9.17, 15) is 9.18 Å². The first-order chi connectivity index (χ1) is 13.1. The van der Waals surface area contributed by atoms with Gasteiger partial charge in [0.2, 0.25) is 0 Å². The minimum absolute atomic E-state index is 0.203. The van der Waals surface area contributed by atoms with Crippen molar-refractivity contribution in [1.82, 2.24) is 19.9 Å². The lowest BCUT2D eigenvalue weighted by Crippen LogP contribution is -2.32. The van der Waals surface area contributed by atoms with E-state index in [4.69, 9.17) is 16.3 Å². The molecule has 6 nitrogen and oxygen atoms in total. The monoisotopic (exact) mass is 386 g/mol. The van der Waals surface area contributed by atoms with E-state index in [-0.39, 0.29) is 24.0 Å². The quantitative estimate of drug-likeness (QED) is 0.693. The van der Waals surface area contributed by atoms with E-state index in [0.717, 1.165) is 11.3 Å². The van der Waals surface area contributed by atoms with Crippen LogP contribution in [-0.2, 0) is 13.1 Å². The summed E-state index contributed by atoms with van der Waals surface area (Å²) in [6, 6.07) is 11.8. The number of nitrogens with zero attached hydrogens (tertiary/aromatic N) is 4. The number of rotatable bonds is 3. The van der Waals surface area contributed by atoms with Gasteiger partial charge in [-0.3, -0.25) is 4.79 Å². The smallest absolute Gasteiger partial charge is 0.276 e. The van der Waals surface area contributed by atoms with Crippen molar-refractivity contribution in [3.8, 4) is 5.75 Å². The molecule has 1 aliphatic heterocycles. The van der Waals surface area contributed by atoms with Gasteiger partial charge in [0, 0.05) is 22.7 Å². The molecule has 1 aliphatic rings. The van der Waals surface area contributed by atoms with Gasteiger partial charge in [0.15, 0.2) is 5.69 Å². The maximum absolute atomic E-state index is 13.8. The zero-order chi connectivity index (χ0) is 18.8. The first-order valence-electron chi connectivity index (χ1n) is 8.44. The Bertz CT molecular complexity index is 991. The van der Waals surface area contributed by atoms with Gasteiger partial charge in [-0.25, -0.2) is 9.07 Å². The normalized spacial score (nSPS) is 13.6. The van der Waals surface area contributed by atoms with E-state index < -0.39 is 0 Å². The second-order valence-electron chi connectivity index (χ2n) is 6.22. The molecule has 0 saturated carbocycles. The number of benzene rings is 2. The summed E-state index contributed by atoms with van der Waals surface area (Å²) >= 11 is 6.05. The molecule has 4 rings (SSSR count). The minimum Gasteiger partial charge on any atom is -0.491 e. The van der Waals surface area contributed by atoms with Crippen LogP contribution in [0, 0.1) is 5.82 Å². The highest BCUT2D eigenvalue weighted by Gasteiger charge is 2.23. The van der Waals surface area contributed by atoms with Crippen LogP contribution < -0.4 is 4.74 Å². The van der Waals surface area contributed by atoms with Crippen molar-refractivity contribution in [3.05, 3.63) is 76.3 Å². The molecule has 0 N–H and O–H groups in total. The van der Waals surface area contributed by atoms with Crippen LogP contribution in [0.5, 0.6) is 5.75 Å². The molecule has 0 bridgehead atoms. The topological polar surface area (TPSA) is 60.2 Å². The van der Waals surface area contributed by atoms with Crippen LogP contribution in [0.25, 0.3) is 0 Å². The highest BCUT2D eigenvalue weighted by Crippen LogP contribution is 2.26. The summed E-state index contributed by atoms with van der Waals surface area (Å²) < 4.78 is 20.9. The number of amides is 1. The molecule has 0 saturated heterocycles. The lowest BCUT2D eigenvalue weighted by atomic mass is 10.2. The number of ether oxygens (including phenoxy) is 1. The Hall–Kier alpha value is -2.93. The van der Waals surface area contributed by atoms with Crippen molar-refractivity contribution in [2.24, 2.45) is 0 Å². The summed E-state index contributed by atoms with van der Waals surface area (Å²) in [4.78, 5) is 14.5. The number of halogens is 2. The predicted molar refractivity (Wildman–Crippen MR) is 97.2 cm³/mol. The van der Waals surface area contributed by atoms with Crippen LogP contribution in [0.2, 0.25) is 5.02 Å². The highest BCUT2D eigenvalue weighted by molar-refractivity contribution is 6.30. The molecule has 0 unspecified atom stereocenters. The number of hydrogen-bond donors (Lipinski definition) is 0. The highest BCUT2D eigenvalue weighted by atomic mass is 35.5. The van der Waals surface area contributed by atoms with Crippen molar-refractivity contribution in [2.75, 3.05) is 13.2 Å². The molecule has 3 aromatic rings. The van der Waals surface area contributed by atoms with Gasteiger partial charge < -0.3 is 9.64 Å². The van der Waals surface area contributed by atoms with Crippen LogP contribution >= 0.6 is 11.6 Å². The van der Waals surface area contributed by atoms with Crippen molar-refractivity contribution >= 4 is 17.5 Å². The molecule has 0 fully saturated rings. The Morgan fingerprint density at radius 1 is 1.26 bits per heavy atom. The SMILES string of the molecule is O=C(c1cn(Cc2ccccc2F)nn1)N1CCOc2ccc(Cl)cc2C1. The second kappa shape index (κ2) is 7.36. The molecular formula is C19H16ClFN4O2. The van der Waals surface area contributed by atoms with Crippen molar-refractivity contribution in [1.29, 1.82) is 0 Å². The Balaban J connectivity index is 1.51. The third-order valence-corrected chi connectivity index (χ3v) is 4.57. The molecule has 8 heteroatoms. The van der Waals surface area contributed by atoms with E-state index >= 15 is 0 Å². The maximum Gasteiger partial charge on any atom is 0.276 e. The molecule has 1 aromatic heterocycles. The van der Waals surface area contributed by atoms with Gasteiger partial charge in [0.25, 0.3) is 5.91 Å². The molecule has 0 spiro atoms. The summed E-state index contributed by atoms with van der Waals surface area (Å²) in [5.74, 6) is 0.142. The zero-order valence-corrected chi connectivity index (χ0v) is 15.1. The maximum atomic E-state index is 13.8. The van der Waals surface area contributed by atoms with Gasteiger partial charge in [-0.05, 0) is 24.3 Å². The van der Waals surface area contributed by atoms with Crippen LogP contribution in [0.3, 0.4) is 0 Å². The number of aromatic nitrogens is 3. The van der Waals surface area contributed by atoms with E-state index in [2.05, 4.69) is 10.3 Å².